The Morgan fingerprint density at radius 1 is 1.00 bits per heavy atom. The number of hydrogen-bond donors (Lipinski definition) is 1. The van der Waals surface area contributed by atoms with Crippen molar-refractivity contribution in [2.75, 3.05) is 13.1 Å². The molecule has 1 aliphatic heterocycles. The molecule has 29 heavy (non-hydrogen) atoms. The molecule has 2 heterocycles. The zero-order chi connectivity index (χ0) is 20.0. The molecule has 0 amide bonds. The maximum atomic E-state index is 6.48. The highest BCUT2D eigenvalue weighted by Crippen LogP contribution is 2.46. The molecule has 5 rings (SSSR count). The van der Waals surface area contributed by atoms with E-state index >= 15 is 0 Å². The van der Waals surface area contributed by atoms with Gasteiger partial charge in [0.25, 0.3) is 0 Å². The van der Waals surface area contributed by atoms with Gasteiger partial charge in [-0.3, -0.25) is 0 Å². The van der Waals surface area contributed by atoms with Crippen LogP contribution in [-0.4, -0.2) is 18.2 Å². The molecule has 1 N–H and O–H groups in total. The highest BCUT2D eigenvalue weighted by Gasteiger charge is 2.33. The second-order valence-electron chi connectivity index (χ2n) is 7.57. The number of nitrogens with zero attached hydrogens (tertiary/aromatic N) is 1. The predicted octanol–water partition coefficient (Wildman–Crippen LogP) is 6.45. The van der Waals surface area contributed by atoms with Crippen LogP contribution >= 0.6 is 34.8 Å². The molecule has 0 radical (unpaired) electrons. The molecular weight excluding hydrogens is 431 g/mol. The van der Waals surface area contributed by atoms with Gasteiger partial charge in [-0.05, 0) is 42.7 Å². The molecule has 4 nitrogen and oxygen atoms in total. The Balaban J connectivity index is 1.44. The maximum absolute atomic E-state index is 6.48. The van der Waals surface area contributed by atoms with Crippen LogP contribution in [0.5, 0.6) is 5.75 Å². The molecule has 1 aromatic heterocycles. The number of hydrogen-bond acceptors (Lipinski definition) is 4. The van der Waals surface area contributed by atoms with Gasteiger partial charge in [0.15, 0.2) is 0 Å². The van der Waals surface area contributed by atoms with Crippen LogP contribution in [0.25, 0.3) is 11.3 Å². The van der Waals surface area contributed by atoms with E-state index in [2.05, 4.69) is 10.5 Å². The first kappa shape index (κ1) is 19.3. The van der Waals surface area contributed by atoms with Crippen molar-refractivity contribution in [3.63, 3.8) is 0 Å². The van der Waals surface area contributed by atoms with Gasteiger partial charge in [-0.1, -0.05) is 52.1 Å². The van der Waals surface area contributed by atoms with Crippen LogP contribution in [0.2, 0.25) is 15.1 Å². The highest BCUT2D eigenvalue weighted by molar-refractivity contribution is 6.39. The third kappa shape index (κ3) is 3.75. The lowest BCUT2D eigenvalue weighted by molar-refractivity contribution is 0.300. The standard InChI is InChI=1S/C22H19Cl3N2O2/c23-17-2-1-3-18(24)20(17)21-16(22(29-27-21)12-4-5-12)11-28-14-6-7-15(19(25)8-14)13-9-26-10-13/h1-3,6-8,12-13,26H,4-5,9-11H2. The smallest absolute Gasteiger partial charge is 0.147 e. The molecule has 1 saturated heterocycles. The Morgan fingerprint density at radius 2 is 1.76 bits per heavy atom. The lowest BCUT2D eigenvalue weighted by Gasteiger charge is -2.28. The Hall–Kier alpha value is -1.72. The van der Waals surface area contributed by atoms with E-state index in [4.69, 9.17) is 44.1 Å². The van der Waals surface area contributed by atoms with Crippen molar-refractivity contribution < 1.29 is 9.26 Å². The first-order valence-corrected chi connectivity index (χ1v) is 10.8. The topological polar surface area (TPSA) is 47.3 Å². The summed E-state index contributed by atoms with van der Waals surface area (Å²) < 4.78 is 11.8. The molecule has 2 aliphatic rings. The zero-order valence-electron chi connectivity index (χ0n) is 15.6. The molecule has 0 unspecified atom stereocenters. The lowest BCUT2D eigenvalue weighted by atomic mass is 9.94. The monoisotopic (exact) mass is 448 g/mol. The SMILES string of the molecule is Clc1cc(OCc2c(-c3c(Cl)cccc3Cl)noc2C2CC2)ccc1C1CNC1. The summed E-state index contributed by atoms with van der Waals surface area (Å²) in [5.74, 6) is 2.43. The van der Waals surface area contributed by atoms with E-state index in [9.17, 15) is 0 Å². The van der Waals surface area contributed by atoms with E-state index < -0.39 is 0 Å². The third-order valence-corrected chi connectivity index (χ3v) is 6.50. The van der Waals surface area contributed by atoms with Crippen molar-refractivity contribution in [3.8, 4) is 17.0 Å². The van der Waals surface area contributed by atoms with Crippen LogP contribution in [0, 0.1) is 0 Å². The van der Waals surface area contributed by atoms with Crippen LogP contribution in [-0.2, 0) is 6.61 Å². The van der Waals surface area contributed by atoms with Crippen LogP contribution in [0.1, 0.15) is 41.6 Å². The molecule has 150 valence electrons. The first-order valence-electron chi connectivity index (χ1n) is 9.67. The van der Waals surface area contributed by atoms with E-state index in [1.165, 1.54) is 0 Å². The summed E-state index contributed by atoms with van der Waals surface area (Å²) in [5.41, 5.74) is 3.37. The second kappa shape index (κ2) is 7.84. The van der Waals surface area contributed by atoms with E-state index in [1.807, 2.05) is 24.3 Å². The molecule has 1 saturated carbocycles. The molecule has 2 fully saturated rings. The van der Waals surface area contributed by atoms with Crippen molar-refractivity contribution in [3.05, 3.63) is 68.4 Å². The maximum Gasteiger partial charge on any atom is 0.147 e. The van der Waals surface area contributed by atoms with Crippen molar-refractivity contribution in [2.45, 2.75) is 31.3 Å². The van der Waals surface area contributed by atoms with E-state index in [0.717, 1.165) is 47.8 Å². The van der Waals surface area contributed by atoms with Crippen LogP contribution in [0.15, 0.2) is 40.9 Å². The van der Waals surface area contributed by atoms with Crippen molar-refractivity contribution in [2.24, 2.45) is 0 Å². The minimum absolute atomic E-state index is 0.312. The number of rotatable bonds is 6. The van der Waals surface area contributed by atoms with E-state index in [1.54, 1.807) is 12.1 Å². The van der Waals surface area contributed by atoms with Gasteiger partial charge in [0.1, 0.15) is 23.8 Å². The van der Waals surface area contributed by atoms with Gasteiger partial charge >= 0.3 is 0 Å². The summed E-state index contributed by atoms with van der Waals surface area (Å²) in [4.78, 5) is 0. The van der Waals surface area contributed by atoms with Crippen LogP contribution in [0.3, 0.4) is 0 Å². The number of ether oxygens (including phenoxy) is 1. The summed E-state index contributed by atoms with van der Waals surface area (Å²) >= 11 is 19.3. The molecule has 7 heteroatoms. The average molecular weight is 450 g/mol. The Kier molecular flexibility index (Phi) is 5.21. The second-order valence-corrected chi connectivity index (χ2v) is 8.79. The summed E-state index contributed by atoms with van der Waals surface area (Å²) in [7, 11) is 0. The van der Waals surface area contributed by atoms with Gasteiger partial charge in [-0.25, -0.2) is 0 Å². The molecule has 0 atom stereocenters. The van der Waals surface area contributed by atoms with Gasteiger partial charge in [0.05, 0.1) is 15.6 Å². The third-order valence-electron chi connectivity index (χ3n) is 5.54. The van der Waals surface area contributed by atoms with E-state index in [0.29, 0.717) is 45.5 Å². The Labute approximate surface area is 184 Å². The summed E-state index contributed by atoms with van der Waals surface area (Å²) in [6.45, 7) is 2.24. The van der Waals surface area contributed by atoms with Gasteiger partial charge < -0.3 is 14.6 Å². The lowest BCUT2D eigenvalue weighted by Crippen LogP contribution is -2.39. The fourth-order valence-corrected chi connectivity index (χ4v) is 4.54. The predicted molar refractivity (Wildman–Crippen MR) is 115 cm³/mol. The fraction of sp³-hybridized carbons (Fsp3) is 0.318. The normalized spacial score (nSPS) is 16.7. The molecule has 0 bridgehead atoms. The molecule has 3 aromatic rings. The quantitative estimate of drug-likeness (QED) is 0.470. The molecular formula is C22H19Cl3N2O2. The molecule has 0 spiro atoms. The summed E-state index contributed by atoms with van der Waals surface area (Å²) in [6, 6.07) is 11.3. The van der Waals surface area contributed by atoms with Gasteiger partial charge in [-0.15, -0.1) is 0 Å². The van der Waals surface area contributed by atoms with E-state index in [-0.39, 0.29) is 0 Å². The van der Waals surface area contributed by atoms with Crippen LogP contribution < -0.4 is 10.1 Å². The number of halogens is 3. The zero-order valence-corrected chi connectivity index (χ0v) is 17.8. The number of benzene rings is 2. The van der Waals surface area contributed by atoms with Crippen molar-refractivity contribution in [1.29, 1.82) is 0 Å². The average Bonchev–Trinajstić information content (AvgIpc) is 3.41. The Bertz CT molecular complexity index is 1040. The number of aromatic nitrogens is 1. The summed E-state index contributed by atoms with van der Waals surface area (Å²) in [6.07, 6.45) is 2.18. The minimum Gasteiger partial charge on any atom is -0.489 e. The summed E-state index contributed by atoms with van der Waals surface area (Å²) in [5, 5.41) is 9.38. The molecule has 2 aromatic carbocycles. The van der Waals surface area contributed by atoms with Gasteiger partial charge in [-0.2, -0.15) is 0 Å². The van der Waals surface area contributed by atoms with Crippen LogP contribution in [0.4, 0.5) is 0 Å². The highest BCUT2D eigenvalue weighted by atomic mass is 35.5. The largest absolute Gasteiger partial charge is 0.489 e. The van der Waals surface area contributed by atoms with Crippen molar-refractivity contribution in [1.82, 2.24) is 10.5 Å². The van der Waals surface area contributed by atoms with Crippen molar-refractivity contribution >= 4 is 34.8 Å². The first-order chi connectivity index (χ1) is 14.1. The number of nitrogens with one attached hydrogen (secondary N) is 1. The minimum atomic E-state index is 0.312. The van der Waals surface area contributed by atoms with Gasteiger partial charge in [0.2, 0.25) is 0 Å². The molecule has 1 aliphatic carbocycles. The Morgan fingerprint density at radius 3 is 2.38 bits per heavy atom. The fourth-order valence-electron chi connectivity index (χ4n) is 3.64. The van der Waals surface area contributed by atoms with Gasteiger partial charge in [0, 0.05) is 35.5 Å².